The van der Waals surface area contributed by atoms with Crippen LogP contribution in [0.1, 0.15) is 6.92 Å². The van der Waals surface area contributed by atoms with Crippen LogP contribution in [-0.2, 0) is 14.2 Å². The molecule has 2 saturated heterocycles. The van der Waals surface area contributed by atoms with Crippen molar-refractivity contribution >= 4 is 11.0 Å². The molecule has 0 saturated carbocycles. The molecule has 3 aromatic rings. The molecule has 43 heavy (non-hydrogen) atoms. The maximum Gasteiger partial charge on any atom is 0.229 e. The van der Waals surface area contributed by atoms with Crippen LogP contribution >= 0.6 is 0 Å². The van der Waals surface area contributed by atoms with Crippen LogP contribution in [-0.4, -0.2) is 116 Å². The van der Waals surface area contributed by atoms with Crippen LogP contribution in [0.15, 0.2) is 45.6 Å². The molecule has 0 amide bonds. The summed E-state index contributed by atoms with van der Waals surface area (Å²) in [6.07, 6.45) is -15.0. The van der Waals surface area contributed by atoms with Crippen LogP contribution in [0.4, 0.5) is 0 Å². The Labute approximate surface area is 243 Å². The Kier molecular flexibility index (Phi) is 8.80. The van der Waals surface area contributed by atoms with E-state index < -0.39 is 79.2 Å². The van der Waals surface area contributed by atoms with Gasteiger partial charge in [0, 0.05) is 23.8 Å². The van der Waals surface area contributed by atoms with Crippen LogP contribution in [0.5, 0.6) is 23.0 Å². The smallest absolute Gasteiger partial charge is 0.229 e. The zero-order chi connectivity index (χ0) is 31.2. The third-order valence-corrected chi connectivity index (χ3v) is 7.40. The van der Waals surface area contributed by atoms with E-state index in [0.717, 1.165) is 12.1 Å². The van der Waals surface area contributed by atoms with Crippen LogP contribution < -0.4 is 14.9 Å². The average Bonchev–Trinajstić information content (AvgIpc) is 2.97. The van der Waals surface area contributed by atoms with Crippen molar-refractivity contribution in [3.8, 4) is 34.3 Å². The summed E-state index contributed by atoms with van der Waals surface area (Å²) in [6.45, 7) is 0.953. The van der Waals surface area contributed by atoms with E-state index in [2.05, 4.69) is 0 Å². The number of benzene rings is 2. The van der Waals surface area contributed by atoms with Crippen LogP contribution in [0, 0.1) is 0 Å². The zero-order valence-electron chi connectivity index (χ0n) is 22.9. The van der Waals surface area contributed by atoms with Gasteiger partial charge in [0.1, 0.15) is 71.0 Å². The van der Waals surface area contributed by atoms with Gasteiger partial charge in [-0.3, -0.25) is 4.79 Å². The largest absolute Gasteiger partial charge is 0.507 e. The molecule has 3 heterocycles. The highest BCUT2D eigenvalue weighted by molar-refractivity contribution is 5.86. The number of hydrogen-bond donors (Lipinski definition) is 8. The summed E-state index contributed by atoms with van der Waals surface area (Å²) < 4.78 is 32.9. The fourth-order valence-corrected chi connectivity index (χ4v) is 4.92. The quantitative estimate of drug-likeness (QED) is 0.159. The Morgan fingerprint density at radius 3 is 2.19 bits per heavy atom. The van der Waals surface area contributed by atoms with Gasteiger partial charge in [-0.2, -0.15) is 0 Å². The predicted octanol–water partition coefficient (Wildman–Crippen LogP) is -1.09. The van der Waals surface area contributed by atoms with E-state index in [1.165, 1.54) is 32.2 Å². The zero-order valence-corrected chi connectivity index (χ0v) is 22.9. The van der Waals surface area contributed by atoms with E-state index in [9.17, 15) is 45.6 Å². The second kappa shape index (κ2) is 12.2. The molecule has 10 atom stereocenters. The van der Waals surface area contributed by atoms with E-state index in [-0.39, 0.29) is 34.0 Å². The van der Waals surface area contributed by atoms with Gasteiger partial charge in [-0.15, -0.1) is 0 Å². The van der Waals surface area contributed by atoms with Crippen LogP contribution in [0.25, 0.3) is 22.3 Å². The molecule has 2 aromatic carbocycles. The lowest BCUT2D eigenvalue weighted by molar-refractivity contribution is -0.318. The fraction of sp³-hybridized carbons (Fsp3) is 0.464. The lowest BCUT2D eigenvalue weighted by Gasteiger charge is -2.42. The van der Waals surface area contributed by atoms with E-state index in [1.807, 2.05) is 0 Å². The van der Waals surface area contributed by atoms with Gasteiger partial charge in [0.2, 0.25) is 6.29 Å². The number of ether oxygens (including phenoxy) is 5. The van der Waals surface area contributed by atoms with E-state index in [0.29, 0.717) is 5.56 Å². The summed E-state index contributed by atoms with van der Waals surface area (Å²) in [6, 6.07) is 7.78. The van der Waals surface area contributed by atoms with Gasteiger partial charge < -0.3 is 69.0 Å². The van der Waals surface area contributed by atoms with Crippen molar-refractivity contribution < 1.29 is 69.0 Å². The Hall–Kier alpha value is -3.51. The van der Waals surface area contributed by atoms with Crippen molar-refractivity contribution in [3.63, 3.8) is 0 Å². The minimum absolute atomic E-state index is 0.0517. The molecule has 2 aliphatic rings. The highest BCUT2D eigenvalue weighted by Crippen LogP contribution is 2.35. The van der Waals surface area contributed by atoms with Crippen molar-refractivity contribution in [3.05, 3.63) is 46.6 Å². The summed E-state index contributed by atoms with van der Waals surface area (Å²) >= 11 is 0. The standard InChI is InChI=1S/C28H32O15/c1-10-21(32)23(34)25(36)27(40-10)39-9-19-22(33)24(35)26(37)28(43-19)41-12-6-14(30)20-15(31)8-17(42-18(20)7-12)11-3-4-16(38-2)13(29)5-11/h3-8,10,19,21-30,32-37H,9H2,1-2H3/t10-,19+,21-,22+,23+,24-,25+,26+,27?,28+/m0/s1. The number of phenols is 2. The maximum absolute atomic E-state index is 12.8. The first-order valence-corrected chi connectivity index (χ1v) is 13.3. The molecule has 1 unspecified atom stereocenters. The number of rotatable bonds is 7. The Morgan fingerprint density at radius 2 is 1.49 bits per heavy atom. The van der Waals surface area contributed by atoms with Gasteiger partial charge in [-0.05, 0) is 25.1 Å². The van der Waals surface area contributed by atoms with Gasteiger partial charge in [0.25, 0.3) is 0 Å². The SMILES string of the molecule is COc1ccc(-c2cc(=O)c3c(O)cc(O[C@@H]4O[C@H](COC5O[C@@H](C)[C@H](O)[C@@H](O)[C@H]5O)[C@@H](O)[C@H](O)[C@H]4O)cc3o2)cc1O. The molecule has 1 aromatic heterocycles. The van der Waals surface area contributed by atoms with Crippen molar-refractivity contribution in [2.75, 3.05) is 13.7 Å². The van der Waals surface area contributed by atoms with Gasteiger partial charge in [0.05, 0.1) is 19.8 Å². The van der Waals surface area contributed by atoms with Gasteiger partial charge >= 0.3 is 0 Å². The molecule has 2 fully saturated rings. The number of methoxy groups -OCH3 is 1. The van der Waals surface area contributed by atoms with Gasteiger partial charge in [-0.1, -0.05) is 0 Å². The topological polar surface area (TPSA) is 238 Å². The average molecular weight is 609 g/mol. The van der Waals surface area contributed by atoms with Crippen molar-refractivity contribution in [2.24, 2.45) is 0 Å². The van der Waals surface area contributed by atoms with Crippen LogP contribution in [0.3, 0.4) is 0 Å². The van der Waals surface area contributed by atoms with Crippen molar-refractivity contribution in [1.29, 1.82) is 0 Å². The molecule has 0 bridgehead atoms. The third-order valence-electron chi connectivity index (χ3n) is 7.40. The first kappa shape index (κ1) is 30.9. The highest BCUT2D eigenvalue weighted by atomic mass is 16.7. The first-order chi connectivity index (χ1) is 20.4. The summed E-state index contributed by atoms with van der Waals surface area (Å²) in [4.78, 5) is 12.8. The molecular formula is C28H32O15. The number of aromatic hydroxyl groups is 2. The molecule has 8 N–H and O–H groups in total. The summed E-state index contributed by atoms with van der Waals surface area (Å²) in [5.74, 6) is -0.605. The van der Waals surface area contributed by atoms with Crippen LogP contribution in [0.2, 0.25) is 0 Å². The van der Waals surface area contributed by atoms with E-state index >= 15 is 0 Å². The van der Waals surface area contributed by atoms with Gasteiger partial charge in [-0.25, -0.2) is 0 Å². The molecule has 0 aliphatic carbocycles. The molecule has 234 valence electrons. The molecular weight excluding hydrogens is 576 g/mol. The molecule has 0 radical (unpaired) electrons. The number of aliphatic hydroxyl groups excluding tert-OH is 6. The number of fused-ring (bicyclic) bond motifs is 1. The van der Waals surface area contributed by atoms with Crippen molar-refractivity contribution in [2.45, 2.75) is 68.3 Å². The Morgan fingerprint density at radius 1 is 0.791 bits per heavy atom. The van der Waals surface area contributed by atoms with E-state index in [4.69, 9.17) is 28.1 Å². The Balaban J connectivity index is 1.36. The minimum Gasteiger partial charge on any atom is -0.507 e. The monoisotopic (exact) mass is 608 g/mol. The summed E-state index contributed by atoms with van der Waals surface area (Å²) in [5.41, 5.74) is -0.381. The molecule has 15 nitrogen and oxygen atoms in total. The lowest BCUT2D eigenvalue weighted by atomic mass is 9.98. The molecule has 2 aliphatic heterocycles. The Bertz CT molecular complexity index is 1510. The normalized spacial score (nSPS) is 32.9. The lowest BCUT2D eigenvalue weighted by Crippen LogP contribution is -2.61. The second-order valence-electron chi connectivity index (χ2n) is 10.3. The minimum atomic E-state index is -1.78. The predicted molar refractivity (Wildman–Crippen MR) is 143 cm³/mol. The van der Waals surface area contributed by atoms with E-state index in [1.54, 1.807) is 6.07 Å². The second-order valence-corrected chi connectivity index (χ2v) is 10.3. The highest BCUT2D eigenvalue weighted by Gasteiger charge is 2.47. The van der Waals surface area contributed by atoms with Crippen molar-refractivity contribution in [1.82, 2.24) is 0 Å². The maximum atomic E-state index is 12.8. The summed E-state index contributed by atoms with van der Waals surface area (Å²) in [5, 5.41) is 82.0. The fourth-order valence-electron chi connectivity index (χ4n) is 4.92. The third kappa shape index (κ3) is 5.99. The number of aliphatic hydroxyl groups is 6. The molecule has 0 spiro atoms. The number of phenolic OH excluding ortho intramolecular Hbond substituents is 2. The molecule has 15 heteroatoms. The first-order valence-electron chi connectivity index (χ1n) is 13.3. The number of hydrogen-bond acceptors (Lipinski definition) is 15. The molecule has 5 rings (SSSR count). The van der Waals surface area contributed by atoms with Gasteiger partial charge in [0.15, 0.2) is 23.2 Å². The summed E-state index contributed by atoms with van der Waals surface area (Å²) in [7, 11) is 1.38.